The van der Waals surface area contributed by atoms with Gasteiger partial charge in [-0.25, -0.2) is 4.39 Å². The number of anilines is 1. The zero-order chi connectivity index (χ0) is 21.4. The van der Waals surface area contributed by atoms with Gasteiger partial charge in [0.05, 0.1) is 0 Å². The van der Waals surface area contributed by atoms with E-state index >= 15 is 0 Å². The van der Waals surface area contributed by atoms with E-state index in [0.29, 0.717) is 0 Å². The van der Waals surface area contributed by atoms with E-state index in [0.717, 1.165) is 18.2 Å². The summed E-state index contributed by atoms with van der Waals surface area (Å²) in [6.45, 7) is 0. The average Bonchev–Trinajstić information content (AvgIpc) is 2.60. The number of carbonyl (C=O) groups is 1. The molecule has 2 aromatic rings. The number of carbonyl (C=O) groups excluding carboxylic acids is 1. The molecule has 0 aliphatic heterocycles. The van der Waals surface area contributed by atoms with Crippen molar-refractivity contribution in [3.63, 3.8) is 0 Å². The van der Waals surface area contributed by atoms with E-state index in [2.05, 4.69) is 21.2 Å². The van der Waals surface area contributed by atoms with Crippen LogP contribution in [0.1, 0.15) is 15.9 Å². The number of hydrogen-bond acceptors (Lipinski definition) is 2. The summed E-state index contributed by atoms with van der Waals surface area (Å²) in [7, 11) is 0. The normalized spacial score (nSPS) is 15.0. The first-order chi connectivity index (χ1) is 12.7. The van der Waals surface area contributed by atoms with Crippen LogP contribution >= 0.6 is 15.9 Å². The highest BCUT2D eigenvalue weighted by Crippen LogP contribution is 2.57. The largest absolute Gasteiger partial charge is 0.434 e. The number of hydrogen-bond donors (Lipinski definition) is 2. The van der Waals surface area contributed by atoms with Gasteiger partial charge in [-0.05, 0) is 29.8 Å². The van der Waals surface area contributed by atoms with Crippen LogP contribution in [0.4, 0.5) is 36.4 Å². The van der Waals surface area contributed by atoms with Crippen LogP contribution in [0, 0.1) is 0 Å². The van der Waals surface area contributed by atoms with Crippen molar-refractivity contribution in [2.24, 2.45) is 5.73 Å². The van der Waals surface area contributed by atoms with Gasteiger partial charge in [-0.2, -0.15) is 26.3 Å². The molecular weight excluding hydrogens is 461 g/mol. The third-order valence-corrected chi connectivity index (χ3v) is 4.86. The molecule has 2 rings (SSSR count). The Kier molecular flexibility index (Phi) is 5.82. The summed E-state index contributed by atoms with van der Waals surface area (Å²) in [4.78, 5) is 12.1. The Morgan fingerprint density at radius 2 is 1.39 bits per heavy atom. The lowest BCUT2D eigenvalue weighted by atomic mass is 9.89. The molecule has 1 atom stereocenters. The zero-order valence-corrected chi connectivity index (χ0v) is 15.3. The minimum absolute atomic E-state index is 0.174. The van der Waals surface area contributed by atoms with Gasteiger partial charge in [-0.1, -0.05) is 46.3 Å². The van der Waals surface area contributed by atoms with E-state index in [-0.39, 0.29) is 11.3 Å². The Morgan fingerprint density at radius 1 is 0.857 bits per heavy atom. The van der Waals surface area contributed by atoms with E-state index in [4.69, 9.17) is 5.73 Å². The van der Waals surface area contributed by atoms with Gasteiger partial charge in [0.25, 0.3) is 5.91 Å². The Hall–Kier alpha value is -2.14. The molecule has 0 fully saturated rings. The van der Waals surface area contributed by atoms with Gasteiger partial charge in [0.2, 0.25) is 0 Å². The fourth-order valence-corrected chi connectivity index (χ4v) is 3.08. The molecule has 28 heavy (non-hydrogen) atoms. The highest BCUT2D eigenvalue weighted by Gasteiger charge is 2.80. The van der Waals surface area contributed by atoms with Crippen LogP contribution in [0.15, 0.2) is 54.6 Å². The predicted molar refractivity (Wildman–Crippen MR) is 91.6 cm³/mol. The van der Waals surface area contributed by atoms with Crippen LogP contribution < -0.4 is 11.1 Å². The first-order valence-corrected chi connectivity index (χ1v) is 8.28. The smallest absolute Gasteiger partial charge is 0.322 e. The second-order valence-corrected chi connectivity index (χ2v) is 7.02. The minimum Gasteiger partial charge on any atom is -0.322 e. The molecule has 2 aromatic carbocycles. The van der Waals surface area contributed by atoms with Gasteiger partial charge in [0, 0.05) is 11.3 Å². The van der Waals surface area contributed by atoms with Gasteiger partial charge in [0.15, 0.2) is 4.45 Å². The molecule has 3 N–H and O–H groups in total. The van der Waals surface area contributed by atoms with Crippen LogP contribution in [0.2, 0.25) is 0 Å². The molecule has 0 aromatic heterocycles. The summed E-state index contributed by atoms with van der Waals surface area (Å²) in [5, 5.41) is 2.30. The number of nitrogens with one attached hydrogen (secondary N) is 1. The Balaban J connectivity index is 2.45. The van der Waals surface area contributed by atoms with E-state index < -0.39 is 33.9 Å². The van der Waals surface area contributed by atoms with E-state index in [1.165, 1.54) is 18.2 Å². The zero-order valence-electron chi connectivity index (χ0n) is 13.7. The number of halogens is 8. The first-order valence-electron chi connectivity index (χ1n) is 7.49. The Morgan fingerprint density at radius 3 is 1.89 bits per heavy atom. The van der Waals surface area contributed by atoms with Gasteiger partial charge in [0.1, 0.15) is 0 Å². The van der Waals surface area contributed by atoms with Crippen molar-refractivity contribution in [1.82, 2.24) is 0 Å². The SMILES string of the molecule is NC(Br)(c1cccc(NC(=O)c2ccccc2)c1)C(F)(C(F)(F)F)C(F)(F)F. The summed E-state index contributed by atoms with van der Waals surface area (Å²) in [6.07, 6.45) is -12.7. The van der Waals surface area contributed by atoms with Crippen LogP contribution in [0.5, 0.6) is 0 Å². The molecule has 0 aliphatic rings. The lowest BCUT2D eigenvalue weighted by Crippen LogP contribution is -2.67. The summed E-state index contributed by atoms with van der Waals surface area (Å²) >= 11 is 2.08. The lowest BCUT2D eigenvalue weighted by molar-refractivity contribution is -0.352. The molecule has 0 heterocycles. The fraction of sp³-hybridized carbons (Fsp3) is 0.235. The highest BCUT2D eigenvalue weighted by molar-refractivity contribution is 9.09. The molecule has 0 aliphatic carbocycles. The van der Waals surface area contributed by atoms with Crippen molar-refractivity contribution < 1.29 is 35.5 Å². The number of benzene rings is 2. The van der Waals surface area contributed by atoms with Gasteiger partial charge in [-0.15, -0.1) is 0 Å². The summed E-state index contributed by atoms with van der Waals surface area (Å²) in [5.74, 6) is -0.673. The molecule has 3 nitrogen and oxygen atoms in total. The predicted octanol–water partition coefficient (Wildman–Crippen LogP) is 5.28. The number of rotatable bonds is 4. The van der Waals surface area contributed by atoms with Crippen LogP contribution in [0.25, 0.3) is 0 Å². The maximum absolute atomic E-state index is 14.4. The van der Waals surface area contributed by atoms with E-state index in [1.807, 2.05) is 0 Å². The molecule has 152 valence electrons. The van der Waals surface area contributed by atoms with Crippen LogP contribution in [-0.4, -0.2) is 23.9 Å². The molecule has 0 spiro atoms. The summed E-state index contributed by atoms with van der Waals surface area (Å²) in [5.41, 5.74) is -1.47. The van der Waals surface area contributed by atoms with E-state index in [1.54, 1.807) is 18.2 Å². The fourth-order valence-electron chi connectivity index (χ4n) is 2.39. The van der Waals surface area contributed by atoms with Crippen molar-refractivity contribution in [3.8, 4) is 0 Å². The van der Waals surface area contributed by atoms with Gasteiger partial charge < -0.3 is 11.1 Å². The number of nitrogens with two attached hydrogens (primary N) is 1. The molecular formula is C17H12BrF7N2O. The van der Waals surface area contributed by atoms with Crippen molar-refractivity contribution in [3.05, 3.63) is 65.7 Å². The first kappa shape index (κ1) is 22.2. The second kappa shape index (κ2) is 7.36. The van der Waals surface area contributed by atoms with Crippen molar-refractivity contribution >= 4 is 27.5 Å². The topological polar surface area (TPSA) is 55.1 Å². The minimum atomic E-state index is -6.37. The molecule has 11 heteroatoms. The molecule has 0 radical (unpaired) electrons. The van der Waals surface area contributed by atoms with Crippen LogP contribution in [0.3, 0.4) is 0 Å². The Bertz CT molecular complexity index is 837. The second-order valence-electron chi connectivity index (χ2n) is 5.77. The maximum atomic E-state index is 14.4. The number of alkyl halides is 8. The summed E-state index contributed by atoms with van der Waals surface area (Å²) in [6, 6.07) is 11.4. The quantitative estimate of drug-likeness (QED) is 0.361. The molecule has 0 bridgehead atoms. The van der Waals surface area contributed by atoms with Gasteiger partial charge in [-0.3, -0.25) is 4.79 Å². The van der Waals surface area contributed by atoms with Crippen molar-refractivity contribution in [2.75, 3.05) is 5.32 Å². The maximum Gasteiger partial charge on any atom is 0.434 e. The molecule has 0 saturated carbocycles. The molecule has 1 unspecified atom stereocenters. The van der Waals surface area contributed by atoms with Crippen molar-refractivity contribution in [2.45, 2.75) is 22.5 Å². The lowest BCUT2D eigenvalue weighted by Gasteiger charge is -2.40. The summed E-state index contributed by atoms with van der Waals surface area (Å²) < 4.78 is 88.9. The average molecular weight is 473 g/mol. The van der Waals surface area contributed by atoms with Gasteiger partial charge >= 0.3 is 18.0 Å². The molecule has 1 amide bonds. The number of amides is 1. The monoisotopic (exact) mass is 472 g/mol. The Labute approximate surface area is 162 Å². The van der Waals surface area contributed by atoms with Crippen LogP contribution in [-0.2, 0) is 4.45 Å². The van der Waals surface area contributed by atoms with Crippen molar-refractivity contribution in [1.29, 1.82) is 0 Å². The van der Waals surface area contributed by atoms with E-state index in [9.17, 15) is 35.5 Å². The molecule has 0 saturated heterocycles. The standard InChI is InChI=1S/C17H12BrF7N2O/c18-14(26,15(19,16(20,21)22)17(23,24)25)11-7-4-8-12(9-11)27-13(28)10-5-2-1-3-6-10/h1-9H,26H2,(H,27,28). The third-order valence-electron chi connectivity index (χ3n) is 3.86. The third kappa shape index (κ3) is 3.86. The highest BCUT2D eigenvalue weighted by atomic mass is 79.9.